The maximum absolute atomic E-state index is 13.3. The fraction of sp³-hybridized carbons (Fsp3) is 0.222. The van der Waals surface area contributed by atoms with Gasteiger partial charge in [0.2, 0.25) is 0 Å². The van der Waals surface area contributed by atoms with E-state index in [2.05, 4.69) is 56.8 Å². The van der Waals surface area contributed by atoms with Gasteiger partial charge in [-0.05, 0) is 33.9 Å². The highest BCUT2D eigenvalue weighted by Gasteiger charge is 2.22. The average molecular weight is 281 g/mol. The van der Waals surface area contributed by atoms with Crippen molar-refractivity contribution in [1.29, 1.82) is 0 Å². The van der Waals surface area contributed by atoms with Crippen LogP contribution >= 0.6 is 0 Å². The molecule has 0 atom stereocenters. The molecule has 1 aliphatic rings. The van der Waals surface area contributed by atoms with Gasteiger partial charge in [0.05, 0.1) is 0 Å². The lowest BCUT2D eigenvalue weighted by Gasteiger charge is -2.20. The maximum atomic E-state index is 13.3. The van der Waals surface area contributed by atoms with E-state index in [1.807, 2.05) is 6.07 Å². The Morgan fingerprint density at radius 3 is 2.30 bits per heavy atom. The normalized spacial score (nSPS) is 14.6. The van der Waals surface area contributed by atoms with E-state index in [1.54, 1.807) is 12.1 Å². The smallest absolute Gasteiger partial charge is 0.147 e. The van der Waals surface area contributed by atoms with Gasteiger partial charge in [-0.25, -0.2) is 4.39 Å². The molecule has 1 radical (unpaired) electrons. The lowest BCUT2D eigenvalue weighted by molar-refractivity contribution is 0.590. The van der Waals surface area contributed by atoms with Crippen molar-refractivity contribution in [1.82, 2.24) is 0 Å². The molecule has 0 N–H and O–H groups in total. The standard InChI is InChI=1S/C18H18FSi/c1-18(2,3)14-4-7-16(8-5-14)20-11-10-13-12-15(19)6-9-17(13)20/h4-12H,1-3H3. The van der Waals surface area contributed by atoms with Gasteiger partial charge in [-0.1, -0.05) is 68.1 Å². The predicted molar refractivity (Wildman–Crippen MR) is 85.6 cm³/mol. The molecule has 2 aromatic carbocycles. The minimum Gasteiger partial charge on any atom is -0.207 e. The third-order valence-electron chi connectivity index (χ3n) is 3.80. The Morgan fingerprint density at radius 2 is 1.65 bits per heavy atom. The molecule has 20 heavy (non-hydrogen) atoms. The third kappa shape index (κ3) is 2.36. The summed E-state index contributed by atoms with van der Waals surface area (Å²) < 4.78 is 13.3. The van der Waals surface area contributed by atoms with Crippen molar-refractivity contribution in [3.63, 3.8) is 0 Å². The first-order valence-corrected chi connectivity index (χ1v) is 8.49. The van der Waals surface area contributed by atoms with Gasteiger partial charge in [0.1, 0.15) is 14.6 Å². The second-order valence-corrected chi connectivity index (χ2v) is 8.58. The molecule has 1 aliphatic heterocycles. The number of fused-ring (bicyclic) bond motifs is 1. The van der Waals surface area contributed by atoms with Crippen LogP contribution in [-0.2, 0) is 5.41 Å². The summed E-state index contributed by atoms with van der Waals surface area (Å²) in [5.74, 6) is -0.153. The molecule has 0 nitrogen and oxygen atoms in total. The van der Waals surface area contributed by atoms with Gasteiger partial charge in [0.15, 0.2) is 0 Å². The first-order chi connectivity index (χ1) is 9.45. The van der Waals surface area contributed by atoms with E-state index in [1.165, 1.54) is 15.9 Å². The van der Waals surface area contributed by atoms with Crippen LogP contribution in [-0.4, -0.2) is 8.80 Å². The van der Waals surface area contributed by atoms with Gasteiger partial charge in [-0.15, -0.1) is 0 Å². The third-order valence-corrected chi connectivity index (χ3v) is 6.29. The van der Waals surface area contributed by atoms with Crippen molar-refractivity contribution in [3.8, 4) is 0 Å². The maximum Gasteiger partial charge on any atom is 0.147 e. The Labute approximate surface area is 121 Å². The largest absolute Gasteiger partial charge is 0.207 e. The highest BCUT2D eigenvalue weighted by Crippen LogP contribution is 2.21. The lowest BCUT2D eigenvalue weighted by atomic mass is 9.87. The van der Waals surface area contributed by atoms with Crippen LogP contribution in [0.25, 0.3) is 6.08 Å². The minimum atomic E-state index is -0.872. The van der Waals surface area contributed by atoms with Crippen molar-refractivity contribution in [3.05, 3.63) is 65.1 Å². The molecular formula is C18H18FSi. The molecular weight excluding hydrogens is 263 g/mol. The van der Waals surface area contributed by atoms with Crippen LogP contribution in [0.4, 0.5) is 4.39 Å². The van der Waals surface area contributed by atoms with E-state index in [0.717, 1.165) is 5.56 Å². The molecule has 0 aliphatic carbocycles. The quantitative estimate of drug-likeness (QED) is 0.704. The molecule has 2 aromatic rings. The highest BCUT2D eigenvalue weighted by molar-refractivity contribution is 6.91. The number of rotatable bonds is 1. The Morgan fingerprint density at radius 1 is 0.950 bits per heavy atom. The zero-order valence-electron chi connectivity index (χ0n) is 12.1. The molecule has 0 aromatic heterocycles. The molecule has 2 heteroatoms. The van der Waals surface area contributed by atoms with Gasteiger partial charge in [-0.2, -0.15) is 0 Å². The summed E-state index contributed by atoms with van der Waals surface area (Å²) in [7, 11) is -0.872. The van der Waals surface area contributed by atoms with Crippen LogP contribution in [0.3, 0.4) is 0 Å². The molecule has 1 heterocycles. The Bertz CT molecular complexity index is 663. The second-order valence-electron chi connectivity index (χ2n) is 6.31. The first kappa shape index (κ1) is 13.3. The summed E-state index contributed by atoms with van der Waals surface area (Å²) in [6.45, 7) is 6.68. The van der Waals surface area contributed by atoms with Crippen molar-refractivity contribution in [2.24, 2.45) is 0 Å². The van der Waals surface area contributed by atoms with E-state index < -0.39 is 8.80 Å². The van der Waals surface area contributed by atoms with E-state index in [-0.39, 0.29) is 11.2 Å². The summed E-state index contributed by atoms with van der Waals surface area (Å²) in [6.07, 6.45) is 2.06. The van der Waals surface area contributed by atoms with Crippen LogP contribution in [0, 0.1) is 5.82 Å². The van der Waals surface area contributed by atoms with Gasteiger partial charge in [-0.3, -0.25) is 0 Å². The summed E-state index contributed by atoms with van der Waals surface area (Å²) in [5, 5.41) is 2.66. The van der Waals surface area contributed by atoms with Gasteiger partial charge < -0.3 is 0 Å². The predicted octanol–water partition coefficient (Wildman–Crippen LogP) is 3.30. The van der Waals surface area contributed by atoms with E-state index >= 15 is 0 Å². The van der Waals surface area contributed by atoms with E-state index in [9.17, 15) is 4.39 Å². The van der Waals surface area contributed by atoms with Gasteiger partial charge >= 0.3 is 0 Å². The van der Waals surface area contributed by atoms with Crippen LogP contribution < -0.4 is 10.4 Å². The topological polar surface area (TPSA) is 0 Å². The van der Waals surface area contributed by atoms with Gasteiger partial charge in [0, 0.05) is 0 Å². The molecule has 0 fully saturated rings. The van der Waals surface area contributed by atoms with Crippen molar-refractivity contribution < 1.29 is 4.39 Å². The van der Waals surface area contributed by atoms with Crippen molar-refractivity contribution in [2.75, 3.05) is 0 Å². The molecule has 0 saturated carbocycles. The molecule has 3 rings (SSSR count). The Kier molecular flexibility index (Phi) is 3.13. The monoisotopic (exact) mass is 281 g/mol. The molecule has 0 bridgehead atoms. The Hall–Kier alpha value is -1.67. The van der Waals surface area contributed by atoms with Gasteiger partial charge in [0.25, 0.3) is 0 Å². The molecule has 0 saturated heterocycles. The van der Waals surface area contributed by atoms with Crippen molar-refractivity contribution >= 4 is 25.2 Å². The van der Waals surface area contributed by atoms with E-state index in [4.69, 9.17) is 0 Å². The number of benzene rings is 2. The summed E-state index contributed by atoms with van der Waals surface area (Å²) in [5.41, 5.74) is 4.83. The minimum absolute atomic E-state index is 0.153. The molecule has 0 spiro atoms. The van der Waals surface area contributed by atoms with Crippen LogP contribution in [0.1, 0.15) is 31.9 Å². The fourth-order valence-electron chi connectivity index (χ4n) is 2.58. The number of halogens is 1. The molecule has 0 unspecified atom stereocenters. The molecule has 0 amide bonds. The average Bonchev–Trinajstić information content (AvgIpc) is 2.80. The van der Waals surface area contributed by atoms with Crippen LogP contribution in [0.5, 0.6) is 0 Å². The zero-order valence-corrected chi connectivity index (χ0v) is 13.1. The van der Waals surface area contributed by atoms with Crippen LogP contribution in [0.2, 0.25) is 0 Å². The van der Waals surface area contributed by atoms with E-state index in [0.29, 0.717) is 0 Å². The van der Waals surface area contributed by atoms with Crippen LogP contribution in [0.15, 0.2) is 48.2 Å². The SMILES string of the molecule is CC(C)(C)c1ccc([Si]2C=Cc3cc(F)ccc32)cc1. The highest BCUT2D eigenvalue weighted by atomic mass is 28.3. The Balaban J connectivity index is 1.95. The van der Waals surface area contributed by atoms with Crippen molar-refractivity contribution in [2.45, 2.75) is 26.2 Å². The lowest BCUT2D eigenvalue weighted by Crippen LogP contribution is -2.39. The second kappa shape index (κ2) is 4.71. The molecule has 101 valence electrons. The zero-order chi connectivity index (χ0) is 14.3. The first-order valence-electron chi connectivity index (χ1n) is 6.91. The summed E-state index contributed by atoms with van der Waals surface area (Å²) in [6, 6.07) is 14.1. The summed E-state index contributed by atoms with van der Waals surface area (Å²) in [4.78, 5) is 0. The number of hydrogen-bond acceptors (Lipinski definition) is 0. The summed E-state index contributed by atoms with van der Waals surface area (Å²) >= 11 is 0. The fourth-order valence-corrected chi connectivity index (χ4v) is 4.87. The number of hydrogen-bond donors (Lipinski definition) is 0.